The molecule has 11 heteroatoms. The molecule has 3 heterocycles. The molecule has 3 aromatic rings. The molecule has 1 aliphatic heterocycles. The number of aromatic nitrogens is 2. The number of hydrogen-bond acceptors (Lipinski definition) is 7. The van der Waals surface area contributed by atoms with Gasteiger partial charge in [0.25, 0.3) is 21.5 Å². The summed E-state index contributed by atoms with van der Waals surface area (Å²) < 4.78 is 32.2. The summed E-state index contributed by atoms with van der Waals surface area (Å²) in [7, 11) is -3.56. The second-order valence-electron chi connectivity index (χ2n) is 6.37. The van der Waals surface area contributed by atoms with Crippen molar-refractivity contribution in [2.45, 2.75) is 10.8 Å². The van der Waals surface area contributed by atoms with E-state index in [1.54, 1.807) is 36.4 Å². The molecule has 4 rings (SSSR count). The number of amides is 1. The van der Waals surface area contributed by atoms with Crippen molar-refractivity contribution in [3.05, 3.63) is 57.3 Å². The first-order valence-electron chi connectivity index (χ1n) is 8.89. The minimum absolute atomic E-state index is 0.109. The molecule has 9 nitrogen and oxygen atoms in total. The highest BCUT2D eigenvalue weighted by Gasteiger charge is 2.27. The average molecular weight is 434 g/mol. The zero-order chi connectivity index (χ0) is 20.4. The van der Waals surface area contributed by atoms with Gasteiger partial charge in [-0.3, -0.25) is 9.59 Å². The highest BCUT2D eigenvalue weighted by Crippen LogP contribution is 2.25. The first-order chi connectivity index (χ1) is 14.0. The third-order valence-corrected chi connectivity index (χ3v) is 7.99. The van der Waals surface area contributed by atoms with Gasteiger partial charge in [-0.15, -0.1) is 11.3 Å². The van der Waals surface area contributed by atoms with E-state index in [4.69, 9.17) is 4.74 Å². The molecule has 0 atom stereocenters. The molecular formula is C18H18N4O5S2. The van der Waals surface area contributed by atoms with E-state index in [1.165, 1.54) is 4.31 Å². The lowest BCUT2D eigenvalue weighted by Crippen LogP contribution is -2.40. The number of fused-ring (bicyclic) bond motifs is 1. The van der Waals surface area contributed by atoms with Gasteiger partial charge < -0.3 is 10.1 Å². The molecule has 2 N–H and O–H groups in total. The number of benzene rings is 1. The first-order valence-corrected chi connectivity index (χ1v) is 11.1. The van der Waals surface area contributed by atoms with Crippen LogP contribution in [0, 0.1) is 0 Å². The smallest absolute Gasteiger partial charge is 0.272 e. The number of sulfonamides is 1. The summed E-state index contributed by atoms with van der Waals surface area (Å²) in [5.74, 6) is -0.455. The Bertz CT molecular complexity index is 1210. The van der Waals surface area contributed by atoms with Crippen LogP contribution in [-0.4, -0.2) is 55.1 Å². The topological polar surface area (TPSA) is 121 Å². The van der Waals surface area contributed by atoms with Crippen LogP contribution in [0.25, 0.3) is 10.8 Å². The van der Waals surface area contributed by atoms with Crippen LogP contribution in [0.15, 0.2) is 45.4 Å². The zero-order valence-electron chi connectivity index (χ0n) is 15.3. The molecule has 0 aliphatic carbocycles. The molecule has 0 spiro atoms. The number of thiophene rings is 1. The number of carbonyl (C=O) groups is 1. The number of H-pyrrole nitrogens is 1. The van der Waals surface area contributed by atoms with Gasteiger partial charge in [0.05, 0.1) is 25.1 Å². The molecule has 152 valence electrons. The highest BCUT2D eigenvalue weighted by molar-refractivity contribution is 7.91. The Kier molecular flexibility index (Phi) is 5.46. The van der Waals surface area contributed by atoms with Crippen LogP contribution in [0.2, 0.25) is 0 Å². The second kappa shape index (κ2) is 8.03. The monoisotopic (exact) mass is 434 g/mol. The molecule has 1 amide bonds. The number of ether oxygens (including phenoxy) is 1. The number of nitrogens with one attached hydrogen (secondary N) is 2. The summed E-state index contributed by atoms with van der Waals surface area (Å²) in [6.45, 7) is 1.58. The van der Waals surface area contributed by atoms with Gasteiger partial charge in [-0.2, -0.15) is 9.40 Å². The van der Waals surface area contributed by atoms with Crippen LogP contribution >= 0.6 is 11.3 Å². The Morgan fingerprint density at radius 1 is 1.17 bits per heavy atom. The van der Waals surface area contributed by atoms with Gasteiger partial charge in [-0.1, -0.05) is 18.2 Å². The van der Waals surface area contributed by atoms with Crippen molar-refractivity contribution in [2.75, 3.05) is 26.3 Å². The summed E-state index contributed by atoms with van der Waals surface area (Å²) in [4.78, 5) is 25.1. The van der Waals surface area contributed by atoms with Crippen LogP contribution in [0.1, 0.15) is 15.4 Å². The van der Waals surface area contributed by atoms with Crippen molar-refractivity contribution in [3.8, 4) is 0 Å². The molecule has 2 aromatic heterocycles. The third-order valence-electron chi connectivity index (χ3n) is 4.54. The fourth-order valence-corrected chi connectivity index (χ4v) is 5.90. The van der Waals surface area contributed by atoms with Gasteiger partial charge in [0, 0.05) is 23.4 Å². The SMILES string of the molecule is O=C(NCc1ccc(S(=O)(=O)N2CCOCC2)s1)c1n[nH]c(=O)c2ccccc12. The molecule has 1 aliphatic rings. The number of morpholine rings is 1. The lowest BCUT2D eigenvalue weighted by molar-refractivity contribution is 0.0731. The van der Waals surface area contributed by atoms with Crippen molar-refractivity contribution < 1.29 is 17.9 Å². The third kappa shape index (κ3) is 3.94. The molecule has 0 bridgehead atoms. The lowest BCUT2D eigenvalue weighted by Gasteiger charge is -2.25. The van der Waals surface area contributed by atoms with Crippen molar-refractivity contribution in [3.63, 3.8) is 0 Å². The average Bonchev–Trinajstić information content (AvgIpc) is 3.23. The van der Waals surface area contributed by atoms with Gasteiger partial charge in [-0.25, -0.2) is 13.5 Å². The Labute approximate surface area is 170 Å². The van der Waals surface area contributed by atoms with Gasteiger partial charge in [-0.05, 0) is 18.2 Å². The quantitative estimate of drug-likeness (QED) is 0.616. The zero-order valence-corrected chi connectivity index (χ0v) is 16.9. The number of aromatic amines is 1. The van der Waals surface area contributed by atoms with Gasteiger partial charge in [0.1, 0.15) is 4.21 Å². The lowest BCUT2D eigenvalue weighted by atomic mass is 10.1. The minimum atomic E-state index is -3.56. The van der Waals surface area contributed by atoms with Crippen molar-refractivity contribution in [1.82, 2.24) is 19.8 Å². The summed E-state index contributed by atoms with van der Waals surface area (Å²) in [6.07, 6.45) is 0. The number of rotatable bonds is 5. The normalized spacial score (nSPS) is 15.4. The summed E-state index contributed by atoms with van der Waals surface area (Å²) >= 11 is 1.11. The fourth-order valence-electron chi connectivity index (χ4n) is 3.05. The summed E-state index contributed by atoms with van der Waals surface area (Å²) in [5.41, 5.74) is -0.258. The van der Waals surface area contributed by atoms with Gasteiger partial charge in [0.2, 0.25) is 0 Å². The van der Waals surface area contributed by atoms with Crippen molar-refractivity contribution in [1.29, 1.82) is 0 Å². The molecular weight excluding hydrogens is 416 g/mol. The first kappa shape index (κ1) is 19.7. The predicted molar refractivity (Wildman–Crippen MR) is 107 cm³/mol. The van der Waals surface area contributed by atoms with E-state index in [-0.39, 0.29) is 22.0 Å². The van der Waals surface area contributed by atoms with E-state index in [9.17, 15) is 18.0 Å². The Balaban J connectivity index is 1.49. The molecule has 0 radical (unpaired) electrons. The van der Waals surface area contributed by atoms with E-state index in [1.807, 2.05) is 0 Å². The molecule has 1 fully saturated rings. The van der Waals surface area contributed by atoms with Gasteiger partial charge in [0.15, 0.2) is 5.69 Å². The maximum absolute atomic E-state index is 12.7. The van der Waals surface area contributed by atoms with Crippen LogP contribution in [0.5, 0.6) is 0 Å². The van der Waals surface area contributed by atoms with E-state index in [2.05, 4.69) is 15.5 Å². The van der Waals surface area contributed by atoms with E-state index >= 15 is 0 Å². The van der Waals surface area contributed by atoms with E-state index in [0.29, 0.717) is 42.0 Å². The highest BCUT2D eigenvalue weighted by atomic mass is 32.2. The van der Waals surface area contributed by atoms with Crippen LogP contribution in [0.3, 0.4) is 0 Å². The van der Waals surface area contributed by atoms with Crippen LogP contribution in [0.4, 0.5) is 0 Å². The second-order valence-corrected chi connectivity index (χ2v) is 9.70. The molecule has 0 unspecified atom stereocenters. The van der Waals surface area contributed by atoms with Crippen LogP contribution in [-0.2, 0) is 21.3 Å². The molecule has 1 aromatic carbocycles. The Morgan fingerprint density at radius 2 is 1.90 bits per heavy atom. The molecule has 1 saturated heterocycles. The number of carbonyl (C=O) groups excluding carboxylic acids is 1. The standard InChI is InChI=1S/C18H18N4O5S2/c23-17-14-4-2-1-3-13(14)16(20-21-17)18(24)19-11-12-5-6-15(28-12)29(25,26)22-7-9-27-10-8-22/h1-6H,7-11H2,(H,19,24)(H,21,23). The number of hydrogen-bond donors (Lipinski definition) is 2. The van der Waals surface area contributed by atoms with Crippen LogP contribution < -0.4 is 10.9 Å². The summed E-state index contributed by atoms with van der Waals surface area (Å²) in [5, 5.41) is 9.75. The maximum Gasteiger partial charge on any atom is 0.272 e. The van der Waals surface area contributed by atoms with E-state index in [0.717, 1.165) is 11.3 Å². The van der Waals surface area contributed by atoms with Crippen molar-refractivity contribution in [2.24, 2.45) is 0 Å². The number of nitrogens with zero attached hydrogens (tertiary/aromatic N) is 2. The van der Waals surface area contributed by atoms with E-state index < -0.39 is 15.9 Å². The molecule has 29 heavy (non-hydrogen) atoms. The predicted octanol–water partition coefficient (Wildman–Crippen LogP) is 0.935. The Morgan fingerprint density at radius 3 is 2.66 bits per heavy atom. The van der Waals surface area contributed by atoms with Crippen molar-refractivity contribution >= 4 is 38.0 Å². The summed E-state index contributed by atoms with van der Waals surface area (Å²) in [6, 6.07) is 9.93. The minimum Gasteiger partial charge on any atom is -0.379 e. The fraction of sp³-hybridized carbons (Fsp3) is 0.278. The largest absolute Gasteiger partial charge is 0.379 e. The Hall–Kier alpha value is -2.60. The molecule has 0 saturated carbocycles. The van der Waals surface area contributed by atoms with Gasteiger partial charge >= 0.3 is 0 Å². The maximum atomic E-state index is 12.7.